The highest BCUT2D eigenvalue weighted by atomic mass is 16.3. The Bertz CT molecular complexity index is 433. The molecule has 0 aliphatic rings. The van der Waals surface area contributed by atoms with Crippen LogP contribution >= 0.6 is 0 Å². The van der Waals surface area contributed by atoms with Gasteiger partial charge in [-0.25, -0.2) is 0 Å². The van der Waals surface area contributed by atoms with Crippen LogP contribution in [0.15, 0.2) is 18.2 Å². The van der Waals surface area contributed by atoms with Gasteiger partial charge >= 0.3 is 0 Å². The van der Waals surface area contributed by atoms with E-state index in [0.717, 1.165) is 11.3 Å². The minimum atomic E-state index is -0.101. The second-order valence-corrected chi connectivity index (χ2v) is 4.91. The number of nitrogens with one attached hydrogen (secondary N) is 1. The fraction of sp³-hybridized carbons (Fsp3) is 0.500. The highest BCUT2D eigenvalue weighted by molar-refractivity contribution is 5.93. The maximum Gasteiger partial charge on any atom is 0.238 e. The number of anilines is 2. The fourth-order valence-electron chi connectivity index (χ4n) is 1.80. The zero-order valence-corrected chi connectivity index (χ0v) is 11.8. The van der Waals surface area contributed by atoms with E-state index in [1.54, 1.807) is 12.1 Å². The largest absolute Gasteiger partial charge is 0.399 e. The summed E-state index contributed by atoms with van der Waals surface area (Å²) in [5, 5.41) is 11.8. The van der Waals surface area contributed by atoms with Gasteiger partial charge in [0.05, 0.1) is 13.2 Å². The van der Waals surface area contributed by atoms with Crippen molar-refractivity contribution in [2.24, 2.45) is 0 Å². The summed E-state index contributed by atoms with van der Waals surface area (Å²) >= 11 is 0. The first kappa shape index (κ1) is 15.5. The predicted molar refractivity (Wildman–Crippen MR) is 78.0 cm³/mol. The van der Waals surface area contributed by atoms with E-state index in [9.17, 15) is 4.79 Å². The average Bonchev–Trinajstić information content (AvgIpc) is 2.33. The molecule has 19 heavy (non-hydrogen) atoms. The van der Waals surface area contributed by atoms with Crippen LogP contribution < -0.4 is 11.1 Å². The Kier molecular flexibility index (Phi) is 5.79. The van der Waals surface area contributed by atoms with E-state index in [1.807, 2.05) is 31.7 Å². The number of aliphatic hydroxyl groups is 1. The molecular formula is C14H23N3O2. The minimum Gasteiger partial charge on any atom is -0.399 e. The summed E-state index contributed by atoms with van der Waals surface area (Å²) in [5.41, 5.74) is 8.03. The summed E-state index contributed by atoms with van der Waals surface area (Å²) in [6, 6.07) is 5.63. The van der Waals surface area contributed by atoms with Gasteiger partial charge < -0.3 is 16.2 Å². The molecule has 1 rings (SSSR count). The molecule has 0 radical (unpaired) electrons. The van der Waals surface area contributed by atoms with Gasteiger partial charge in [0.1, 0.15) is 0 Å². The first-order chi connectivity index (χ1) is 8.93. The van der Waals surface area contributed by atoms with Gasteiger partial charge in [-0.15, -0.1) is 0 Å². The van der Waals surface area contributed by atoms with Gasteiger partial charge in [-0.3, -0.25) is 9.69 Å². The number of benzene rings is 1. The number of carbonyl (C=O) groups excluding carboxylic acids is 1. The summed E-state index contributed by atoms with van der Waals surface area (Å²) in [7, 11) is 0. The number of amides is 1. The number of aliphatic hydroxyl groups excluding tert-OH is 1. The Balaban J connectivity index is 2.66. The van der Waals surface area contributed by atoms with Crippen LogP contribution in [0.3, 0.4) is 0 Å². The van der Waals surface area contributed by atoms with Crippen molar-refractivity contribution >= 4 is 17.3 Å². The molecule has 0 aliphatic heterocycles. The van der Waals surface area contributed by atoms with E-state index in [-0.39, 0.29) is 25.1 Å². The zero-order chi connectivity index (χ0) is 14.4. The van der Waals surface area contributed by atoms with Crippen LogP contribution in [0.25, 0.3) is 0 Å². The van der Waals surface area contributed by atoms with Gasteiger partial charge in [0, 0.05) is 24.0 Å². The Labute approximate surface area is 114 Å². The van der Waals surface area contributed by atoms with Crippen molar-refractivity contribution < 1.29 is 9.90 Å². The van der Waals surface area contributed by atoms with Gasteiger partial charge in [-0.05, 0) is 38.5 Å². The molecule has 4 N–H and O–H groups in total. The van der Waals surface area contributed by atoms with E-state index in [0.29, 0.717) is 12.2 Å². The lowest BCUT2D eigenvalue weighted by Gasteiger charge is -2.24. The fourth-order valence-corrected chi connectivity index (χ4v) is 1.80. The highest BCUT2D eigenvalue weighted by Gasteiger charge is 2.14. The summed E-state index contributed by atoms with van der Waals surface area (Å²) < 4.78 is 0. The number of hydrogen-bond donors (Lipinski definition) is 3. The number of nitrogens with zero attached hydrogens (tertiary/aromatic N) is 1. The van der Waals surface area contributed by atoms with E-state index in [1.165, 1.54) is 0 Å². The molecule has 1 aromatic rings. The van der Waals surface area contributed by atoms with Crippen molar-refractivity contribution in [3.8, 4) is 0 Å². The molecule has 0 bridgehead atoms. The molecule has 0 atom stereocenters. The van der Waals surface area contributed by atoms with E-state index < -0.39 is 0 Å². The molecule has 0 aromatic heterocycles. The van der Waals surface area contributed by atoms with Crippen molar-refractivity contribution in [1.82, 2.24) is 4.90 Å². The summed E-state index contributed by atoms with van der Waals surface area (Å²) in [6.07, 6.45) is 0. The summed E-state index contributed by atoms with van der Waals surface area (Å²) in [5.74, 6) is -0.101. The average molecular weight is 265 g/mol. The van der Waals surface area contributed by atoms with Crippen molar-refractivity contribution in [3.05, 3.63) is 23.8 Å². The Morgan fingerprint density at radius 2 is 2.16 bits per heavy atom. The molecule has 1 aromatic carbocycles. The maximum absolute atomic E-state index is 12.0. The highest BCUT2D eigenvalue weighted by Crippen LogP contribution is 2.18. The molecule has 0 fully saturated rings. The molecule has 0 unspecified atom stereocenters. The predicted octanol–water partition coefficient (Wildman–Crippen LogP) is 1.22. The lowest BCUT2D eigenvalue weighted by atomic mass is 10.2. The van der Waals surface area contributed by atoms with Crippen LogP contribution in [-0.2, 0) is 4.79 Å². The molecule has 106 valence electrons. The van der Waals surface area contributed by atoms with Gasteiger partial charge in [-0.2, -0.15) is 0 Å². The number of rotatable bonds is 6. The van der Waals surface area contributed by atoms with Crippen LogP contribution in [0.4, 0.5) is 11.4 Å². The van der Waals surface area contributed by atoms with E-state index >= 15 is 0 Å². The third-order valence-corrected chi connectivity index (χ3v) is 3.00. The molecule has 5 heteroatoms. The smallest absolute Gasteiger partial charge is 0.238 e. The third-order valence-electron chi connectivity index (χ3n) is 3.00. The number of carbonyl (C=O) groups is 1. The van der Waals surface area contributed by atoms with Crippen molar-refractivity contribution in [3.63, 3.8) is 0 Å². The first-order valence-corrected chi connectivity index (χ1v) is 6.45. The quantitative estimate of drug-likeness (QED) is 0.676. The molecule has 0 aliphatic carbocycles. The number of aryl methyl sites for hydroxylation is 1. The molecular weight excluding hydrogens is 242 g/mol. The Morgan fingerprint density at radius 1 is 1.47 bits per heavy atom. The molecule has 0 spiro atoms. The number of nitrogen functional groups attached to an aromatic ring is 1. The standard InChI is InChI=1S/C14H23N3O2/c1-10(2)17(6-7-18)9-14(19)16-13-8-12(15)5-4-11(13)3/h4-5,8,10,18H,6-7,9,15H2,1-3H3,(H,16,19). The molecule has 1 amide bonds. The SMILES string of the molecule is Cc1ccc(N)cc1NC(=O)CN(CCO)C(C)C. The minimum absolute atomic E-state index is 0.0444. The summed E-state index contributed by atoms with van der Waals surface area (Å²) in [6.45, 7) is 6.70. The second-order valence-electron chi connectivity index (χ2n) is 4.91. The summed E-state index contributed by atoms with van der Waals surface area (Å²) in [4.78, 5) is 13.9. The zero-order valence-electron chi connectivity index (χ0n) is 11.8. The number of hydrogen-bond acceptors (Lipinski definition) is 4. The second kappa shape index (κ2) is 7.11. The van der Waals surface area contributed by atoms with Crippen molar-refractivity contribution in [2.75, 3.05) is 30.7 Å². The van der Waals surface area contributed by atoms with Gasteiger partial charge in [-0.1, -0.05) is 6.07 Å². The maximum atomic E-state index is 12.0. The lowest BCUT2D eigenvalue weighted by Crippen LogP contribution is -2.39. The van der Waals surface area contributed by atoms with Crippen LogP contribution in [0.1, 0.15) is 19.4 Å². The first-order valence-electron chi connectivity index (χ1n) is 6.45. The van der Waals surface area contributed by atoms with Crippen LogP contribution in [0, 0.1) is 6.92 Å². The Hall–Kier alpha value is -1.59. The molecule has 0 heterocycles. The number of nitrogens with two attached hydrogens (primary N) is 1. The van der Waals surface area contributed by atoms with Crippen molar-refractivity contribution in [1.29, 1.82) is 0 Å². The monoisotopic (exact) mass is 265 g/mol. The van der Waals surface area contributed by atoms with Gasteiger partial charge in [0.2, 0.25) is 5.91 Å². The van der Waals surface area contributed by atoms with E-state index in [2.05, 4.69) is 5.32 Å². The lowest BCUT2D eigenvalue weighted by molar-refractivity contribution is -0.117. The third kappa shape index (κ3) is 4.89. The van der Waals surface area contributed by atoms with E-state index in [4.69, 9.17) is 10.8 Å². The van der Waals surface area contributed by atoms with Crippen LogP contribution in [0.5, 0.6) is 0 Å². The van der Waals surface area contributed by atoms with Gasteiger partial charge in [0.15, 0.2) is 0 Å². The topological polar surface area (TPSA) is 78.6 Å². The molecule has 0 saturated carbocycles. The van der Waals surface area contributed by atoms with Crippen molar-refractivity contribution in [2.45, 2.75) is 26.8 Å². The molecule has 5 nitrogen and oxygen atoms in total. The van der Waals surface area contributed by atoms with Crippen LogP contribution in [0.2, 0.25) is 0 Å². The van der Waals surface area contributed by atoms with Crippen LogP contribution in [-0.4, -0.2) is 41.7 Å². The normalized spacial score (nSPS) is 11.1. The van der Waals surface area contributed by atoms with Gasteiger partial charge in [0.25, 0.3) is 0 Å². The Morgan fingerprint density at radius 3 is 2.74 bits per heavy atom. The molecule has 0 saturated heterocycles.